The zero-order valence-electron chi connectivity index (χ0n) is 13.1. The first kappa shape index (κ1) is 18.9. The summed E-state index contributed by atoms with van der Waals surface area (Å²) in [6.45, 7) is 2.85. The molecular weight excluding hydrogens is 308 g/mol. The zero-order chi connectivity index (χ0) is 16.4. The lowest BCUT2D eigenvalue weighted by atomic mass is 10.1. The van der Waals surface area contributed by atoms with E-state index in [9.17, 15) is 13.6 Å². The predicted molar refractivity (Wildman–Crippen MR) is 85.9 cm³/mol. The van der Waals surface area contributed by atoms with Crippen LogP contribution in [0.4, 0.5) is 8.78 Å². The Morgan fingerprint density at radius 2 is 1.82 bits per heavy atom. The normalized spacial score (nSPS) is 10.7. The van der Waals surface area contributed by atoms with E-state index in [1.165, 1.54) is 31.4 Å². The van der Waals surface area contributed by atoms with Gasteiger partial charge in [-0.3, -0.25) is 4.79 Å². The monoisotopic (exact) mass is 331 g/mol. The highest BCUT2D eigenvalue weighted by atomic mass is 35.5. The number of nitrogens with zero attached hydrogens (tertiary/aromatic N) is 1. The van der Waals surface area contributed by atoms with Crippen molar-refractivity contribution < 1.29 is 13.6 Å². The van der Waals surface area contributed by atoms with Crippen molar-refractivity contribution in [3.63, 3.8) is 0 Å². The molecule has 0 aliphatic rings. The lowest BCUT2D eigenvalue weighted by molar-refractivity contribution is -0.129. The van der Waals surface area contributed by atoms with E-state index in [-0.39, 0.29) is 18.3 Å². The number of benzene rings is 1. The third-order valence-electron chi connectivity index (χ3n) is 3.62. The van der Waals surface area contributed by atoms with E-state index in [1.54, 1.807) is 4.90 Å². The summed E-state index contributed by atoms with van der Waals surface area (Å²) < 4.78 is 26.6. The number of carbonyl (C=O) groups excluding carboxylic acids is 1. The predicted octanol–water partition coefficient (Wildman–Crippen LogP) is 4.89. The Kier molecular flexibility index (Phi) is 9.05. The Morgan fingerprint density at radius 1 is 1.14 bits per heavy atom. The van der Waals surface area contributed by atoms with E-state index in [2.05, 4.69) is 6.92 Å². The van der Waals surface area contributed by atoms with Gasteiger partial charge in [0.1, 0.15) is 17.5 Å². The van der Waals surface area contributed by atoms with Crippen molar-refractivity contribution in [2.75, 3.05) is 12.4 Å². The molecule has 0 N–H and O–H groups in total. The van der Waals surface area contributed by atoms with Gasteiger partial charge in [-0.1, -0.05) is 45.1 Å². The molecule has 5 heteroatoms. The van der Waals surface area contributed by atoms with Crippen LogP contribution in [0, 0.1) is 11.6 Å². The van der Waals surface area contributed by atoms with Crippen LogP contribution in [0.3, 0.4) is 0 Å². The van der Waals surface area contributed by atoms with E-state index in [1.807, 2.05) is 0 Å². The third-order valence-corrected chi connectivity index (χ3v) is 3.85. The van der Waals surface area contributed by atoms with E-state index in [4.69, 9.17) is 11.6 Å². The van der Waals surface area contributed by atoms with Gasteiger partial charge in [0.25, 0.3) is 0 Å². The number of carbonyl (C=O) groups is 1. The van der Waals surface area contributed by atoms with Crippen LogP contribution < -0.4 is 0 Å². The van der Waals surface area contributed by atoms with Crippen molar-refractivity contribution >= 4 is 17.5 Å². The second kappa shape index (κ2) is 10.5. The van der Waals surface area contributed by atoms with Crippen molar-refractivity contribution in [1.82, 2.24) is 4.90 Å². The molecule has 1 amide bonds. The van der Waals surface area contributed by atoms with Gasteiger partial charge in [-0.25, -0.2) is 8.78 Å². The second-order valence-corrected chi connectivity index (χ2v) is 5.72. The van der Waals surface area contributed by atoms with Gasteiger partial charge < -0.3 is 4.90 Å². The maximum absolute atomic E-state index is 13.7. The molecule has 0 atom stereocenters. The van der Waals surface area contributed by atoms with Gasteiger partial charge in [-0.15, -0.1) is 11.6 Å². The van der Waals surface area contributed by atoms with Crippen LogP contribution in [0.25, 0.3) is 0 Å². The van der Waals surface area contributed by atoms with Crippen molar-refractivity contribution in [2.24, 2.45) is 0 Å². The lowest BCUT2D eigenvalue weighted by Gasteiger charge is -2.22. The highest BCUT2D eigenvalue weighted by Crippen LogP contribution is 2.14. The lowest BCUT2D eigenvalue weighted by Crippen LogP contribution is -2.32. The van der Waals surface area contributed by atoms with Crippen LogP contribution in [0.15, 0.2) is 18.2 Å². The standard InChI is InChI=1S/C17H24ClF2NO/c1-2-3-4-5-6-7-10-21(17(22)12-18)13-14-8-9-15(19)11-16(14)20/h8-9,11H,2-7,10,12-13H2,1H3. The van der Waals surface area contributed by atoms with E-state index in [0.29, 0.717) is 12.1 Å². The van der Waals surface area contributed by atoms with Crippen LogP contribution in [-0.2, 0) is 11.3 Å². The molecule has 22 heavy (non-hydrogen) atoms. The Labute approximate surface area is 136 Å². The molecule has 124 valence electrons. The van der Waals surface area contributed by atoms with Crippen molar-refractivity contribution in [2.45, 2.75) is 52.0 Å². The molecule has 0 fully saturated rings. The van der Waals surface area contributed by atoms with Gasteiger partial charge in [-0.2, -0.15) is 0 Å². The Hall–Kier alpha value is -1.16. The fraction of sp³-hybridized carbons (Fsp3) is 0.588. The van der Waals surface area contributed by atoms with Crippen LogP contribution in [0.5, 0.6) is 0 Å². The maximum atomic E-state index is 13.7. The van der Waals surface area contributed by atoms with Gasteiger partial charge in [-0.05, 0) is 12.5 Å². The molecule has 1 rings (SSSR count). The molecular formula is C17H24ClF2NO. The van der Waals surface area contributed by atoms with Gasteiger partial charge in [0.05, 0.1) is 0 Å². The van der Waals surface area contributed by atoms with Gasteiger partial charge in [0, 0.05) is 24.7 Å². The van der Waals surface area contributed by atoms with Crippen LogP contribution in [0.1, 0.15) is 51.0 Å². The maximum Gasteiger partial charge on any atom is 0.237 e. The zero-order valence-corrected chi connectivity index (χ0v) is 13.8. The SMILES string of the molecule is CCCCCCCCN(Cc1ccc(F)cc1F)C(=O)CCl. The summed E-state index contributed by atoms with van der Waals surface area (Å²) in [5, 5.41) is 0. The Bertz CT molecular complexity index is 468. The second-order valence-electron chi connectivity index (χ2n) is 5.45. The number of halogens is 3. The highest BCUT2D eigenvalue weighted by Gasteiger charge is 2.15. The molecule has 0 spiro atoms. The summed E-state index contributed by atoms with van der Waals surface area (Å²) in [5.74, 6) is -1.60. The average molecular weight is 332 g/mol. The van der Waals surface area contributed by atoms with Crippen LogP contribution >= 0.6 is 11.6 Å². The first-order valence-electron chi connectivity index (χ1n) is 7.86. The molecule has 0 radical (unpaired) electrons. The highest BCUT2D eigenvalue weighted by molar-refractivity contribution is 6.27. The summed E-state index contributed by atoms with van der Waals surface area (Å²) in [6, 6.07) is 3.41. The fourth-order valence-electron chi connectivity index (χ4n) is 2.31. The molecule has 1 aromatic carbocycles. The first-order chi connectivity index (χ1) is 10.6. The summed E-state index contributed by atoms with van der Waals surface area (Å²) >= 11 is 5.61. The fourth-order valence-corrected chi connectivity index (χ4v) is 2.48. The van der Waals surface area contributed by atoms with Crippen molar-refractivity contribution in [1.29, 1.82) is 0 Å². The van der Waals surface area contributed by atoms with E-state index >= 15 is 0 Å². The summed E-state index contributed by atoms with van der Waals surface area (Å²) in [7, 11) is 0. The average Bonchev–Trinajstić information content (AvgIpc) is 2.50. The number of hydrogen-bond acceptors (Lipinski definition) is 1. The molecule has 0 heterocycles. The first-order valence-corrected chi connectivity index (χ1v) is 8.39. The molecule has 0 saturated heterocycles. The molecule has 0 aliphatic heterocycles. The third kappa shape index (κ3) is 6.73. The smallest absolute Gasteiger partial charge is 0.237 e. The quantitative estimate of drug-likeness (QED) is 0.441. The Balaban J connectivity index is 2.52. The van der Waals surface area contributed by atoms with E-state index < -0.39 is 11.6 Å². The summed E-state index contributed by atoms with van der Waals surface area (Å²) in [5.41, 5.74) is 0.311. The number of rotatable bonds is 10. The molecule has 0 saturated carbocycles. The number of hydrogen-bond donors (Lipinski definition) is 0. The van der Waals surface area contributed by atoms with Crippen molar-refractivity contribution in [3.05, 3.63) is 35.4 Å². The molecule has 0 unspecified atom stereocenters. The topological polar surface area (TPSA) is 20.3 Å². The largest absolute Gasteiger partial charge is 0.337 e. The minimum atomic E-state index is -0.629. The minimum absolute atomic E-state index is 0.126. The summed E-state index contributed by atoms with van der Waals surface area (Å²) in [4.78, 5) is 13.4. The summed E-state index contributed by atoms with van der Waals surface area (Å²) in [6.07, 6.45) is 6.67. The van der Waals surface area contributed by atoms with Gasteiger partial charge in [0.15, 0.2) is 0 Å². The van der Waals surface area contributed by atoms with Gasteiger partial charge in [0.2, 0.25) is 5.91 Å². The number of alkyl halides is 1. The molecule has 0 bridgehead atoms. The van der Waals surface area contributed by atoms with Crippen molar-refractivity contribution in [3.8, 4) is 0 Å². The molecule has 1 aromatic rings. The Morgan fingerprint density at radius 3 is 2.45 bits per heavy atom. The molecule has 0 aliphatic carbocycles. The molecule has 0 aromatic heterocycles. The number of unbranched alkanes of at least 4 members (excludes halogenated alkanes) is 5. The van der Waals surface area contributed by atoms with Crippen LogP contribution in [0.2, 0.25) is 0 Å². The van der Waals surface area contributed by atoms with Gasteiger partial charge >= 0.3 is 0 Å². The minimum Gasteiger partial charge on any atom is -0.337 e. The van der Waals surface area contributed by atoms with E-state index in [0.717, 1.165) is 25.3 Å². The number of amides is 1. The van der Waals surface area contributed by atoms with Crippen LogP contribution in [-0.4, -0.2) is 23.2 Å². The molecule has 2 nitrogen and oxygen atoms in total.